The van der Waals surface area contributed by atoms with E-state index in [0.717, 1.165) is 19.5 Å². The van der Waals surface area contributed by atoms with E-state index in [2.05, 4.69) is 13.8 Å². The Hall–Kier alpha value is -0.290. The molecule has 5 heteroatoms. The summed E-state index contributed by atoms with van der Waals surface area (Å²) in [5, 5.41) is 0. The highest BCUT2D eigenvalue weighted by Crippen LogP contribution is 2.32. The van der Waals surface area contributed by atoms with E-state index in [4.69, 9.17) is 5.73 Å². The predicted molar refractivity (Wildman–Crippen MR) is 53.4 cm³/mol. The van der Waals surface area contributed by atoms with Crippen LogP contribution in [0.25, 0.3) is 0 Å². The van der Waals surface area contributed by atoms with Crippen molar-refractivity contribution in [2.45, 2.75) is 26.4 Å². The third-order valence-electron chi connectivity index (χ3n) is 2.98. The summed E-state index contributed by atoms with van der Waals surface area (Å²) in [6, 6.07) is 0. The van der Waals surface area contributed by atoms with Crippen molar-refractivity contribution in [2.75, 3.05) is 26.2 Å². The fourth-order valence-corrected chi connectivity index (χ4v) is 2.00. The lowest BCUT2D eigenvalue weighted by molar-refractivity contribution is -0.175. The fraction of sp³-hybridized carbons (Fsp3) is 1.00. The van der Waals surface area contributed by atoms with Crippen LogP contribution < -0.4 is 5.73 Å². The van der Waals surface area contributed by atoms with Crippen LogP contribution in [0.5, 0.6) is 0 Å². The second kappa shape index (κ2) is 4.29. The number of hydrogen-bond acceptors (Lipinski definition) is 2. The first-order valence-corrected chi connectivity index (χ1v) is 5.24. The van der Waals surface area contributed by atoms with Gasteiger partial charge in [-0.1, -0.05) is 13.8 Å². The average molecular weight is 224 g/mol. The van der Waals surface area contributed by atoms with Crippen LogP contribution in [0, 0.1) is 11.3 Å². The molecule has 2 nitrogen and oxygen atoms in total. The van der Waals surface area contributed by atoms with E-state index in [9.17, 15) is 13.2 Å². The molecule has 1 aliphatic rings. The largest absolute Gasteiger partial charge is 0.394 e. The quantitative estimate of drug-likeness (QED) is 0.792. The van der Waals surface area contributed by atoms with E-state index in [-0.39, 0.29) is 18.5 Å². The van der Waals surface area contributed by atoms with Gasteiger partial charge in [0, 0.05) is 19.6 Å². The molecule has 1 unspecified atom stereocenters. The maximum atomic E-state index is 12.5. The molecule has 0 amide bonds. The SMILES string of the molecule is CC1(C)CCN(CC(CN)C(F)(F)F)C1. The summed E-state index contributed by atoms with van der Waals surface area (Å²) >= 11 is 0. The lowest BCUT2D eigenvalue weighted by atomic mass is 9.93. The van der Waals surface area contributed by atoms with E-state index in [1.807, 2.05) is 4.90 Å². The van der Waals surface area contributed by atoms with Gasteiger partial charge in [-0.2, -0.15) is 13.2 Å². The molecular weight excluding hydrogens is 205 g/mol. The van der Waals surface area contributed by atoms with Gasteiger partial charge < -0.3 is 10.6 Å². The highest BCUT2D eigenvalue weighted by Gasteiger charge is 2.41. The Balaban J connectivity index is 2.48. The number of rotatable bonds is 3. The molecule has 0 aliphatic carbocycles. The Morgan fingerprint density at radius 2 is 2.00 bits per heavy atom. The number of hydrogen-bond donors (Lipinski definition) is 1. The maximum Gasteiger partial charge on any atom is 0.394 e. The molecule has 0 aromatic carbocycles. The minimum absolute atomic E-state index is 0.0451. The summed E-state index contributed by atoms with van der Waals surface area (Å²) in [4.78, 5) is 1.87. The van der Waals surface area contributed by atoms with E-state index in [0.29, 0.717) is 0 Å². The molecule has 0 saturated carbocycles. The van der Waals surface area contributed by atoms with Gasteiger partial charge in [-0.3, -0.25) is 0 Å². The lowest BCUT2D eigenvalue weighted by Gasteiger charge is -2.25. The summed E-state index contributed by atoms with van der Waals surface area (Å²) in [6.07, 6.45) is -3.20. The van der Waals surface area contributed by atoms with E-state index in [1.165, 1.54) is 0 Å². The number of likely N-dealkylation sites (tertiary alicyclic amines) is 1. The van der Waals surface area contributed by atoms with Gasteiger partial charge in [0.2, 0.25) is 0 Å². The van der Waals surface area contributed by atoms with Crippen LogP contribution in [-0.4, -0.2) is 37.3 Å². The van der Waals surface area contributed by atoms with Crippen LogP contribution in [0.4, 0.5) is 13.2 Å². The minimum atomic E-state index is -4.17. The third-order valence-corrected chi connectivity index (χ3v) is 2.98. The van der Waals surface area contributed by atoms with Crippen LogP contribution in [0.2, 0.25) is 0 Å². The Labute approximate surface area is 88.6 Å². The molecule has 0 aromatic heterocycles. The molecule has 1 saturated heterocycles. The Morgan fingerprint density at radius 3 is 2.33 bits per heavy atom. The normalized spacial score (nSPS) is 24.4. The second-order valence-electron chi connectivity index (χ2n) is 5.12. The standard InChI is InChI=1S/C10H19F3N2/c1-9(2)3-4-15(7-9)6-8(5-14)10(11,12)13/h8H,3-7,14H2,1-2H3. The van der Waals surface area contributed by atoms with Crippen LogP contribution in [0.1, 0.15) is 20.3 Å². The number of halogens is 3. The average Bonchev–Trinajstić information content (AvgIpc) is 2.39. The molecule has 1 aliphatic heterocycles. The first kappa shape index (κ1) is 12.8. The van der Waals surface area contributed by atoms with Crippen LogP contribution in [0.15, 0.2) is 0 Å². The zero-order valence-electron chi connectivity index (χ0n) is 9.27. The van der Waals surface area contributed by atoms with Gasteiger partial charge in [-0.05, 0) is 18.4 Å². The van der Waals surface area contributed by atoms with Crippen molar-refractivity contribution in [2.24, 2.45) is 17.1 Å². The van der Waals surface area contributed by atoms with Crippen molar-refractivity contribution in [3.8, 4) is 0 Å². The Kier molecular flexibility index (Phi) is 3.66. The molecular formula is C10H19F3N2. The number of nitrogens with zero attached hydrogens (tertiary/aromatic N) is 1. The summed E-state index contributed by atoms with van der Waals surface area (Å²) in [7, 11) is 0. The zero-order chi connectivity index (χ0) is 11.7. The molecule has 0 aromatic rings. The second-order valence-corrected chi connectivity index (χ2v) is 5.12. The van der Waals surface area contributed by atoms with E-state index in [1.54, 1.807) is 0 Å². The monoisotopic (exact) mass is 224 g/mol. The zero-order valence-corrected chi connectivity index (χ0v) is 9.27. The third kappa shape index (κ3) is 3.65. The summed E-state index contributed by atoms with van der Waals surface area (Å²) in [5.41, 5.74) is 5.30. The van der Waals surface area contributed by atoms with E-state index < -0.39 is 12.1 Å². The van der Waals surface area contributed by atoms with Crippen LogP contribution >= 0.6 is 0 Å². The summed E-state index contributed by atoms with van der Waals surface area (Å²) < 4.78 is 37.4. The fourth-order valence-electron chi connectivity index (χ4n) is 2.00. The Bertz CT molecular complexity index is 213. The first-order valence-electron chi connectivity index (χ1n) is 5.24. The molecule has 90 valence electrons. The van der Waals surface area contributed by atoms with Gasteiger partial charge in [-0.25, -0.2) is 0 Å². The van der Waals surface area contributed by atoms with Gasteiger partial charge in [-0.15, -0.1) is 0 Å². The Morgan fingerprint density at radius 1 is 1.40 bits per heavy atom. The van der Waals surface area contributed by atoms with E-state index >= 15 is 0 Å². The number of nitrogens with two attached hydrogens (primary N) is 1. The molecule has 1 fully saturated rings. The molecule has 1 heterocycles. The van der Waals surface area contributed by atoms with Gasteiger partial charge >= 0.3 is 6.18 Å². The highest BCUT2D eigenvalue weighted by molar-refractivity contribution is 4.85. The molecule has 0 spiro atoms. The molecule has 15 heavy (non-hydrogen) atoms. The first-order chi connectivity index (χ1) is 6.74. The predicted octanol–water partition coefficient (Wildman–Crippen LogP) is 1.86. The maximum absolute atomic E-state index is 12.5. The minimum Gasteiger partial charge on any atom is -0.330 e. The van der Waals surface area contributed by atoms with Gasteiger partial charge in [0.05, 0.1) is 5.92 Å². The van der Waals surface area contributed by atoms with Crippen molar-refractivity contribution in [3.63, 3.8) is 0 Å². The molecule has 1 atom stereocenters. The van der Waals surface area contributed by atoms with Crippen molar-refractivity contribution in [3.05, 3.63) is 0 Å². The molecule has 1 rings (SSSR count). The van der Waals surface area contributed by atoms with Gasteiger partial charge in [0.15, 0.2) is 0 Å². The van der Waals surface area contributed by atoms with Crippen molar-refractivity contribution < 1.29 is 13.2 Å². The summed E-state index contributed by atoms with van der Waals surface area (Å²) in [5.74, 6) is -1.38. The number of alkyl halides is 3. The van der Waals surface area contributed by atoms with Crippen molar-refractivity contribution >= 4 is 0 Å². The lowest BCUT2D eigenvalue weighted by Crippen LogP contribution is -2.40. The van der Waals surface area contributed by atoms with Crippen molar-refractivity contribution in [1.29, 1.82) is 0 Å². The topological polar surface area (TPSA) is 29.3 Å². The van der Waals surface area contributed by atoms with Crippen LogP contribution in [-0.2, 0) is 0 Å². The molecule has 2 N–H and O–H groups in total. The smallest absolute Gasteiger partial charge is 0.330 e. The summed E-state index contributed by atoms with van der Waals surface area (Å²) in [6.45, 7) is 5.37. The molecule has 0 radical (unpaired) electrons. The molecule has 0 bridgehead atoms. The van der Waals surface area contributed by atoms with Gasteiger partial charge in [0.25, 0.3) is 0 Å². The van der Waals surface area contributed by atoms with Crippen LogP contribution in [0.3, 0.4) is 0 Å². The van der Waals surface area contributed by atoms with Crippen molar-refractivity contribution in [1.82, 2.24) is 4.90 Å². The highest BCUT2D eigenvalue weighted by atomic mass is 19.4. The van der Waals surface area contributed by atoms with Gasteiger partial charge in [0.1, 0.15) is 0 Å².